The second kappa shape index (κ2) is 9.40. The monoisotopic (exact) mass is 468 g/mol. The number of imide groups is 1. The van der Waals surface area contributed by atoms with Crippen molar-refractivity contribution in [1.29, 1.82) is 0 Å². The van der Waals surface area contributed by atoms with Gasteiger partial charge in [-0.15, -0.1) is 11.8 Å². The van der Waals surface area contributed by atoms with E-state index in [1.54, 1.807) is 40.9 Å². The highest BCUT2D eigenvalue weighted by Gasteiger charge is 2.31. The van der Waals surface area contributed by atoms with Gasteiger partial charge in [-0.3, -0.25) is 24.2 Å². The number of hydrogen-bond acceptors (Lipinski definition) is 7. The standard InChI is InChI=1S/C23H24N4O3S2/c1-25(2)11-12-26(23-24-18-8-7-17(31-3)14-19(18)32-23)22(30)15-5-4-6-16(13-15)27-20(28)9-10-21(27)29/h4-8,13-14H,9-12H2,1-3H3. The largest absolute Gasteiger partial charge is 0.308 e. The molecule has 2 aromatic carbocycles. The Kier molecular flexibility index (Phi) is 6.59. The first-order valence-corrected chi connectivity index (χ1v) is 12.3. The fourth-order valence-electron chi connectivity index (χ4n) is 3.52. The molecule has 7 nitrogen and oxygen atoms in total. The van der Waals surface area contributed by atoms with E-state index in [-0.39, 0.29) is 30.6 Å². The summed E-state index contributed by atoms with van der Waals surface area (Å²) >= 11 is 3.15. The Morgan fingerprint density at radius 1 is 1.09 bits per heavy atom. The van der Waals surface area contributed by atoms with Gasteiger partial charge in [0.2, 0.25) is 11.8 Å². The van der Waals surface area contributed by atoms with Crippen LogP contribution in [0.2, 0.25) is 0 Å². The minimum atomic E-state index is -0.236. The highest BCUT2D eigenvalue weighted by Crippen LogP contribution is 2.33. The van der Waals surface area contributed by atoms with Crippen LogP contribution in [0.5, 0.6) is 0 Å². The zero-order valence-corrected chi connectivity index (χ0v) is 19.8. The predicted molar refractivity (Wildman–Crippen MR) is 130 cm³/mol. The molecule has 1 aliphatic heterocycles. The van der Waals surface area contributed by atoms with E-state index in [0.717, 1.165) is 15.1 Å². The summed E-state index contributed by atoms with van der Waals surface area (Å²) in [6.45, 7) is 1.13. The van der Waals surface area contributed by atoms with Crippen molar-refractivity contribution in [3.8, 4) is 0 Å². The third-order valence-corrected chi connectivity index (χ3v) is 7.00. The van der Waals surface area contributed by atoms with Gasteiger partial charge in [0.1, 0.15) is 0 Å². The summed E-state index contributed by atoms with van der Waals surface area (Å²) in [6, 6.07) is 12.8. The Morgan fingerprint density at radius 2 is 1.84 bits per heavy atom. The lowest BCUT2D eigenvalue weighted by atomic mass is 10.1. The average molecular weight is 469 g/mol. The van der Waals surface area contributed by atoms with Gasteiger partial charge in [-0.25, -0.2) is 4.98 Å². The van der Waals surface area contributed by atoms with E-state index in [0.29, 0.717) is 29.5 Å². The summed E-state index contributed by atoms with van der Waals surface area (Å²) in [5, 5.41) is 0.629. The summed E-state index contributed by atoms with van der Waals surface area (Å²) in [5.74, 6) is -0.684. The molecular formula is C23H24N4O3S2. The molecular weight excluding hydrogens is 444 g/mol. The van der Waals surface area contributed by atoms with Crippen molar-refractivity contribution in [2.24, 2.45) is 0 Å². The number of thiazole rings is 1. The molecule has 1 aromatic heterocycles. The fourth-order valence-corrected chi connectivity index (χ4v) is 5.06. The maximum absolute atomic E-state index is 13.6. The van der Waals surface area contributed by atoms with E-state index in [1.165, 1.54) is 16.2 Å². The lowest BCUT2D eigenvalue weighted by molar-refractivity contribution is -0.121. The van der Waals surface area contributed by atoms with E-state index in [2.05, 4.69) is 6.07 Å². The van der Waals surface area contributed by atoms with Gasteiger partial charge >= 0.3 is 0 Å². The summed E-state index contributed by atoms with van der Waals surface area (Å²) < 4.78 is 1.02. The zero-order valence-electron chi connectivity index (χ0n) is 18.2. The van der Waals surface area contributed by atoms with Crippen LogP contribution in [0.3, 0.4) is 0 Å². The number of hydrogen-bond donors (Lipinski definition) is 0. The Balaban J connectivity index is 1.69. The smallest absolute Gasteiger partial charge is 0.260 e. The summed E-state index contributed by atoms with van der Waals surface area (Å²) in [4.78, 5) is 48.6. The number of thioether (sulfide) groups is 1. The second-order valence-electron chi connectivity index (χ2n) is 7.76. The Hall–Kier alpha value is -2.75. The van der Waals surface area contributed by atoms with Gasteiger partial charge in [0.15, 0.2) is 5.13 Å². The van der Waals surface area contributed by atoms with Gasteiger partial charge in [-0.05, 0) is 56.7 Å². The van der Waals surface area contributed by atoms with Crippen LogP contribution in [0.4, 0.5) is 10.8 Å². The maximum Gasteiger partial charge on any atom is 0.260 e. The Morgan fingerprint density at radius 3 is 2.53 bits per heavy atom. The average Bonchev–Trinajstić information content (AvgIpc) is 3.35. The molecule has 0 N–H and O–H groups in total. The van der Waals surface area contributed by atoms with Crippen molar-refractivity contribution in [2.75, 3.05) is 43.2 Å². The van der Waals surface area contributed by atoms with Crippen molar-refractivity contribution in [2.45, 2.75) is 17.7 Å². The molecule has 0 atom stereocenters. The normalized spacial score (nSPS) is 14.1. The molecule has 0 spiro atoms. The fraction of sp³-hybridized carbons (Fsp3) is 0.304. The van der Waals surface area contributed by atoms with Crippen LogP contribution in [0.15, 0.2) is 47.4 Å². The lowest BCUT2D eigenvalue weighted by Gasteiger charge is -2.22. The second-order valence-corrected chi connectivity index (χ2v) is 9.65. The number of benzene rings is 2. The van der Waals surface area contributed by atoms with Gasteiger partial charge in [-0.2, -0.15) is 0 Å². The number of amides is 3. The van der Waals surface area contributed by atoms with Crippen molar-refractivity contribution >= 4 is 61.9 Å². The first-order chi connectivity index (χ1) is 15.4. The number of carbonyl (C=O) groups excluding carboxylic acids is 3. The van der Waals surface area contributed by atoms with E-state index in [1.807, 2.05) is 37.4 Å². The van der Waals surface area contributed by atoms with Crippen molar-refractivity contribution in [3.05, 3.63) is 48.0 Å². The van der Waals surface area contributed by atoms with Crippen molar-refractivity contribution in [1.82, 2.24) is 9.88 Å². The zero-order chi connectivity index (χ0) is 22.8. The van der Waals surface area contributed by atoms with Gasteiger partial charge in [-0.1, -0.05) is 17.4 Å². The SMILES string of the molecule is CSc1ccc2nc(N(CCN(C)C)C(=O)c3cccc(N4C(=O)CCC4=O)c3)sc2c1. The summed E-state index contributed by atoms with van der Waals surface area (Å²) in [7, 11) is 3.91. The minimum absolute atomic E-state index is 0.204. The molecule has 1 saturated heterocycles. The molecule has 4 rings (SSSR count). The molecule has 3 amide bonds. The van der Waals surface area contributed by atoms with Gasteiger partial charge in [0.05, 0.1) is 15.9 Å². The van der Waals surface area contributed by atoms with Gasteiger partial charge in [0.25, 0.3) is 5.91 Å². The van der Waals surface area contributed by atoms with Crippen molar-refractivity contribution < 1.29 is 14.4 Å². The number of rotatable bonds is 7. The maximum atomic E-state index is 13.6. The van der Waals surface area contributed by atoms with Crippen LogP contribution < -0.4 is 9.80 Å². The topological polar surface area (TPSA) is 73.8 Å². The van der Waals surface area contributed by atoms with Crippen LogP contribution in [-0.4, -0.2) is 61.0 Å². The Bertz CT molecular complexity index is 1170. The molecule has 0 radical (unpaired) electrons. The highest BCUT2D eigenvalue weighted by molar-refractivity contribution is 7.98. The van der Waals surface area contributed by atoms with Gasteiger partial charge < -0.3 is 4.90 Å². The summed E-state index contributed by atoms with van der Waals surface area (Å²) in [5.41, 5.74) is 1.70. The highest BCUT2D eigenvalue weighted by atomic mass is 32.2. The number of aromatic nitrogens is 1. The number of fused-ring (bicyclic) bond motifs is 1. The van der Waals surface area contributed by atoms with E-state index < -0.39 is 0 Å². The van der Waals surface area contributed by atoms with Crippen LogP contribution in [0.1, 0.15) is 23.2 Å². The van der Waals surface area contributed by atoms with Crippen LogP contribution in [0.25, 0.3) is 10.2 Å². The van der Waals surface area contributed by atoms with E-state index >= 15 is 0 Å². The molecule has 0 saturated carbocycles. The molecule has 0 aliphatic carbocycles. The third kappa shape index (κ3) is 4.55. The van der Waals surface area contributed by atoms with E-state index in [9.17, 15) is 14.4 Å². The molecule has 1 aliphatic rings. The molecule has 3 aromatic rings. The minimum Gasteiger partial charge on any atom is -0.308 e. The van der Waals surface area contributed by atoms with Gasteiger partial charge in [0, 0.05) is 36.4 Å². The van der Waals surface area contributed by atoms with Crippen LogP contribution >= 0.6 is 23.1 Å². The quantitative estimate of drug-likeness (QED) is 0.387. The van der Waals surface area contributed by atoms with E-state index in [4.69, 9.17) is 4.98 Å². The molecule has 0 unspecified atom stereocenters. The molecule has 1 fully saturated rings. The van der Waals surface area contributed by atoms with Crippen LogP contribution in [0, 0.1) is 0 Å². The molecule has 2 heterocycles. The summed E-state index contributed by atoms with van der Waals surface area (Å²) in [6.07, 6.45) is 2.43. The lowest BCUT2D eigenvalue weighted by Crippen LogP contribution is -2.37. The number of likely N-dealkylation sites (N-methyl/N-ethyl adjacent to an activating group) is 1. The third-order valence-electron chi connectivity index (χ3n) is 5.23. The van der Waals surface area contributed by atoms with Crippen LogP contribution in [-0.2, 0) is 9.59 Å². The number of carbonyl (C=O) groups is 3. The molecule has 0 bridgehead atoms. The predicted octanol–water partition coefficient (Wildman–Crippen LogP) is 3.88. The molecule has 32 heavy (non-hydrogen) atoms. The molecule has 9 heteroatoms. The first kappa shape index (κ1) is 22.4. The number of nitrogens with zero attached hydrogens (tertiary/aromatic N) is 4. The molecule has 166 valence electrons. The number of anilines is 2. The van der Waals surface area contributed by atoms with Crippen molar-refractivity contribution in [3.63, 3.8) is 0 Å². The Labute approximate surface area is 195 Å². The first-order valence-electron chi connectivity index (χ1n) is 10.2.